The standard InChI is InChI=1S/C22H22Cl2F3N5O2/c1-10(2)29-20(33)13-8-15(24)11(3)12(4)18(13)30-21(34)16-9-17(22(25,26)27)31-32(16)19-14(23)6-5-7-28-19/h5-12H,1-4H3,(H,29,33)(H,30,34). The fraction of sp³-hybridized carbons (Fsp3) is 0.364. The van der Waals surface area contributed by atoms with Crippen LogP contribution < -0.4 is 10.6 Å². The molecule has 2 heterocycles. The number of nitrogens with zero attached hydrogens (tertiary/aromatic N) is 3. The molecule has 2 atom stereocenters. The summed E-state index contributed by atoms with van der Waals surface area (Å²) in [6, 6.07) is 3.32. The van der Waals surface area contributed by atoms with E-state index in [4.69, 9.17) is 23.2 Å². The SMILES string of the molecule is CC(C)NC(=O)C1=C(NC(=O)c2cc(C(F)(F)F)nn2-c2ncccc2Cl)C(C)C(C)C(Cl)=C1. The van der Waals surface area contributed by atoms with Crippen molar-refractivity contribution in [3.05, 3.63) is 63.2 Å². The summed E-state index contributed by atoms with van der Waals surface area (Å²) >= 11 is 12.4. The lowest BCUT2D eigenvalue weighted by atomic mass is 9.84. The van der Waals surface area contributed by atoms with Gasteiger partial charge in [0.25, 0.3) is 11.8 Å². The molecule has 0 spiro atoms. The van der Waals surface area contributed by atoms with E-state index in [1.54, 1.807) is 20.8 Å². The van der Waals surface area contributed by atoms with Crippen LogP contribution in [-0.2, 0) is 11.0 Å². The van der Waals surface area contributed by atoms with E-state index in [1.807, 2.05) is 6.92 Å². The van der Waals surface area contributed by atoms with Crippen LogP contribution in [0.25, 0.3) is 5.82 Å². The molecule has 0 saturated carbocycles. The van der Waals surface area contributed by atoms with Crippen molar-refractivity contribution in [3.8, 4) is 5.82 Å². The zero-order chi connectivity index (χ0) is 25.4. The Morgan fingerprint density at radius 3 is 2.41 bits per heavy atom. The van der Waals surface area contributed by atoms with Gasteiger partial charge in [0.05, 0.1) is 10.6 Å². The maximum atomic E-state index is 13.4. The van der Waals surface area contributed by atoms with Crippen LogP contribution in [0.2, 0.25) is 5.02 Å². The van der Waals surface area contributed by atoms with E-state index in [0.717, 1.165) is 4.68 Å². The Labute approximate surface area is 204 Å². The van der Waals surface area contributed by atoms with Crippen molar-refractivity contribution in [1.29, 1.82) is 0 Å². The minimum Gasteiger partial charge on any atom is -0.350 e. The topological polar surface area (TPSA) is 88.9 Å². The lowest BCUT2D eigenvalue weighted by molar-refractivity contribution is -0.141. The molecule has 2 aromatic rings. The molecule has 0 aliphatic heterocycles. The molecule has 1 aliphatic rings. The number of carbonyl (C=O) groups is 2. The van der Waals surface area contributed by atoms with Crippen molar-refractivity contribution in [1.82, 2.24) is 25.4 Å². The van der Waals surface area contributed by atoms with Gasteiger partial charge < -0.3 is 10.6 Å². The lowest BCUT2D eigenvalue weighted by Gasteiger charge is -2.29. The maximum absolute atomic E-state index is 13.4. The summed E-state index contributed by atoms with van der Waals surface area (Å²) in [5, 5.41) is 9.29. The lowest BCUT2D eigenvalue weighted by Crippen LogP contribution is -2.38. The van der Waals surface area contributed by atoms with Crippen LogP contribution in [0, 0.1) is 11.8 Å². The molecule has 2 N–H and O–H groups in total. The molecule has 3 rings (SSSR count). The summed E-state index contributed by atoms with van der Waals surface area (Å²) in [5.41, 5.74) is -1.40. The third-order valence-electron chi connectivity index (χ3n) is 5.30. The van der Waals surface area contributed by atoms with Crippen LogP contribution in [0.5, 0.6) is 0 Å². The number of halogens is 5. The molecular formula is C22H22Cl2F3N5O2. The number of carbonyl (C=O) groups excluding carboxylic acids is 2. The number of rotatable bonds is 5. The van der Waals surface area contributed by atoms with Crippen molar-refractivity contribution >= 4 is 35.0 Å². The van der Waals surface area contributed by atoms with Gasteiger partial charge in [-0.1, -0.05) is 37.0 Å². The van der Waals surface area contributed by atoms with Crippen molar-refractivity contribution in [2.75, 3.05) is 0 Å². The third kappa shape index (κ3) is 5.28. The number of nitrogens with one attached hydrogen (secondary N) is 2. The maximum Gasteiger partial charge on any atom is 0.435 e. The summed E-state index contributed by atoms with van der Waals surface area (Å²) in [7, 11) is 0. The molecule has 1 aliphatic carbocycles. The van der Waals surface area contributed by atoms with Crippen LogP contribution >= 0.6 is 23.2 Å². The fourth-order valence-electron chi connectivity index (χ4n) is 3.35. The van der Waals surface area contributed by atoms with Crippen molar-refractivity contribution in [3.63, 3.8) is 0 Å². The van der Waals surface area contributed by atoms with E-state index >= 15 is 0 Å². The van der Waals surface area contributed by atoms with Crippen LogP contribution in [0.4, 0.5) is 13.2 Å². The Morgan fingerprint density at radius 1 is 1.15 bits per heavy atom. The van der Waals surface area contributed by atoms with E-state index in [2.05, 4.69) is 20.7 Å². The third-order valence-corrected chi connectivity index (χ3v) is 6.05. The highest BCUT2D eigenvalue weighted by Crippen LogP contribution is 2.36. The molecule has 7 nitrogen and oxygen atoms in total. The molecule has 2 aromatic heterocycles. The Bertz CT molecular complexity index is 1190. The van der Waals surface area contributed by atoms with Crippen LogP contribution in [-0.4, -0.2) is 32.6 Å². The smallest absolute Gasteiger partial charge is 0.350 e. The molecule has 0 radical (unpaired) electrons. The van der Waals surface area contributed by atoms with Gasteiger partial charge in [-0.05, 0) is 38.0 Å². The monoisotopic (exact) mass is 515 g/mol. The number of allylic oxidation sites excluding steroid dienone is 2. The first-order valence-corrected chi connectivity index (χ1v) is 11.1. The van der Waals surface area contributed by atoms with Gasteiger partial charge in [-0.3, -0.25) is 9.59 Å². The quantitative estimate of drug-likeness (QED) is 0.595. The minimum absolute atomic E-state index is 0.000961. The van der Waals surface area contributed by atoms with Gasteiger partial charge in [0.2, 0.25) is 0 Å². The van der Waals surface area contributed by atoms with Gasteiger partial charge in [-0.15, -0.1) is 0 Å². The number of hydrogen-bond donors (Lipinski definition) is 2. The Morgan fingerprint density at radius 2 is 1.82 bits per heavy atom. The largest absolute Gasteiger partial charge is 0.435 e. The second-order valence-corrected chi connectivity index (χ2v) is 8.99. The molecule has 34 heavy (non-hydrogen) atoms. The number of hydrogen-bond acceptors (Lipinski definition) is 4. The highest BCUT2D eigenvalue weighted by atomic mass is 35.5. The first-order chi connectivity index (χ1) is 15.8. The van der Waals surface area contributed by atoms with Gasteiger partial charge in [0.15, 0.2) is 11.5 Å². The average Bonchev–Trinajstić information content (AvgIpc) is 3.19. The Kier molecular flexibility index (Phi) is 7.42. The molecule has 0 fully saturated rings. The first kappa shape index (κ1) is 25.8. The van der Waals surface area contributed by atoms with Gasteiger partial charge in [-0.25, -0.2) is 9.67 Å². The van der Waals surface area contributed by atoms with Crippen molar-refractivity contribution in [2.45, 2.75) is 39.9 Å². The summed E-state index contributed by atoms with van der Waals surface area (Å²) in [5.74, 6) is -2.19. The first-order valence-electron chi connectivity index (χ1n) is 10.3. The number of amides is 2. The predicted octanol–water partition coefficient (Wildman–Crippen LogP) is 4.86. The van der Waals surface area contributed by atoms with Gasteiger partial charge >= 0.3 is 6.18 Å². The summed E-state index contributed by atoms with van der Waals surface area (Å²) in [6.45, 7) is 7.11. The average molecular weight is 516 g/mol. The second kappa shape index (κ2) is 9.79. The van der Waals surface area contributed by atoms with Crippen LogP contribution in [0.15, 0.2) is 46.8 Å². The van der Waals surface area contributed by atoms with Crippen molar-refractivity contribution < 1.29 is 22.8 Å². The van der Waals surface area contributed by atoms with E-state index in [0.29, 0.717) is 11.1 Å². The number of aromatic nitrogens is 3. The highest BCUT2D eigenvalue weighted by molar-refractivity contribution is 6.32. The Hall–Kier alpha value is -2.85. The van der Waals surface area contributed by atoms with Gasteiger partial charge in [0, 0.05) is 35.0 Å². The van der Waals surface area contributed by atoms with E-state index < -0.39 is 35.3 Å². The molecule has 0 bridgehead atoms. The van der Waals surface area contributed by atoms with Crippen LogP contribution in [0.1, 0.15) is 43.9 Å². The number of alkyl halides is 3. The fourth-order valence-corrected chi connectivity index (χ4v) is 3.85. The molecule has 2 amide bonds. The molecule has 182 valence electrons. The molecule has 0 saturated heterocycles. The minimum atomic E-state index is -4.81. The molecule has 2 unspecified atom stereocenters. The molecule has 12 heteroatoms. The summed E-state index contributed by atoms with van der Waals surface area (Å²) in [4.78, 5) is 30.0. The van der Waals surface area contributed by atoms with Gasteiger partial charge in [-0.2, -0.15) is 18.3 Å². The summed E-state index contributed by atoms with van der Waals surface area (Å²) < 4.78 is 41.0. The van der Waals surface area contributed by atoms with Crippen molar-refractivity contribution in [2.24, 2.45) is 11.8 Å². The Balaban J connectivity index is 2.11. The van der Waals surface area contributed by atoms with E-state index in [1.165, 1.54) is 24.4 Å². The normalized spacial score (nSPS) is 18.7. The zero-order valence-electron chi connectivity index (χ0n) is 18.7. The molecule has 0 aromatic carbocycles. The second-order valence-electron chi connectivity index (χ2n) is 8.15. The predicted molar refractivity (Wildman–Crippen MR) is 121 cm³/mol. The molecular weight excluding hydrogens is 494 g/mol. The van der Waals surface area contributed by atoms with Gasteiger partial charge in [0.1, 0.15) is 5.69 Å². The number of pyridine rings is 1. The summed E-state index contributed by atoms with van der Waals surface area (Å²) in [6.07, 6.45) is -2.05. The van der Waals surface area contributed by atoms with Crippen LogP contribution in [0.3, 0.4) is 0 Å². The van der Waals surface area contributed by atoms with E-state index in [9.17, 15) is 22.8 Å². The van der Waals surface area contributed by atoms with E-state index in [-0.39, 0.29) is 34.1 Å². The highest BCUT2D eigenvalue weighted by Gasteiger charge is 2.37. The zero-order valence-corrected chi connectivity index (χ0v) is 20.2.